The zero-order valence-electron chi connectivity index (χ0n) is 12.2. The van der Waals surface area contributed by atoms with E-state index in [0.29, 0.717) is 25.1 Å². The van der Waals surface area contributed by atoms with Crippen molar-refractivity contribution in [3.05, 3.63) is 23.8 Å². The topological polar surface area (TPSA) is 76.1 Å². The number of likely N-dealkylation sites (tertiary alicyclic amines) is 1. The fourth-order valence-corrected chi connectivity index (χ4v) is 2.49. The summed E-state index contributed by atoms with van der Waals surface area (Å²) in [4.78, 5) is 24.5. The van der Waals surface area contributed by atoms with Gasteiger partial charge in [-0.05, 0) is 43.5 Å². The predicted octanol–water partition coefficient (Wildman–Crippen LogP) is 1.46. The monoisotopic (exact) mass is 293 g/mol. The van der Waals surface area contributed by atoms with E-state index in [1.165, 1.54) is 4.90 Å². The van der Waals surface area contributed by atoms with Crippen LogP contribution in [0.5, 0.6) is 11.5 Å². The molecule has 1 aliphatic heterocycles. The molecule has 0 bridgehead atoms. The molecule has 114 valence electrons. The smallest absolute Gasteiger partial charge is 0.326 e. The van der Waals surface area contributed by atoms with Gasteiger partial charge in [0.2, 0.25) is 0 Å². The molecule has 1 heterocycles. The SMILES string of the molecule is COc1ccc(OCC(=O)N2CCC[C@H]2C(=O)O)cc1C. The first-order chi connectivity index (χ1) is 10.0. The Morgan fingerprint density at radius 1 is 1.43 bits per heavy atom. The van der Waals surface area contributed by atoms with Crippen LogP contribution in [0.25, 0.3) is 0 Å². The zero-order chi connectivity index (χ0) is 15.4. The van der Waals surface area contributed by atoms with Crippen LogP contribution in [0.3, 0.4) is 0 Å². The van der Waals surface area contributed by atoms with Gasteiger partial charge >= 0.3 is 5.97 Å². The van der Waals surface area contributed by atoms with Crippen molar-refractivity contribution in [3.8, 4) is 11.5 Å². The van der Waals surface area contributed by atoms with Crippen LogP contribution in [-0.2, 0) is 9.59 Å². The van der Waals surface area contributed by atoms with E-state index in [1.54, 1.807) is 25.3 Å². The fourth-order valence-electron chi connectivity index (χ4n) is 2.49. The molecule has 1 amide bonds. The Labute approximate surface area is 123 Å². The van der Waals surface area contributed by atoms with Crippen LogP contribution < -0.4 is 9.47 Å². The number of rotatable bonds is 5. The van der Waals surface area contributed by atoms with Crippen molar-refractivity contribution < 1.29 is 24.2 Å². The number of aliphatic carboxylic acids is 1. The molecule has 6 nitrogen and oxygen atoms in total. The summed E-state index contributed by atoms with van der Waals surface area (Å²) in [6.45, 7) is 2.20. The first-order valence-corrected chi connectivity index (χ1v) is 6.82. The molecule has 1 aromatic carbocycles. The van der Waals surface area contributed by atoms with Gasteiger partial charge in [0.25, 0.3) is 5.91 Å². The third-order valence-electron chi connectivity index (χ3n) is 3.59. The molecule has 1 aliphatic rings. The van der Waals surface area contributed by atoms with Crippen LogP contribution in [0, 0.1) is 6.92 Å². The van der Waals surface area contributed by atoms with Gasteiger partial charge < -0.3 is 19.5 Å². The highest BCUT2D eigenvalue weighted by Gasteiger charge is 2.33. The Bertz CT molecular complexity index is 543. The predicted molar refractivity (Wildman–Crippen MR) is 75.6 cm³/mol. The lowest BCUT2D eigenvalue weighted by Gasteiger charge is -2.21. The summed E-state index contributed by atoms with van der Waals surface area (Å²) in [7, 11) is 1.59. The van der Waals surface area contributed by atoms with Gasteiger partial charge in [-0.25, -0.2) is 4.79 Å². The summed E-state index contributed by atoms with van der Waals surface area (Å²) in [5, 5.41) is 9.06. The molecule has 0 spiro atoms. The summed E-state index contributed by atoms with van der Waals surface area (Å²) in [5.74, 6) is 0.0568. The van der Waals surface area contributed by atoms with Gasteiger partial charge in [-0.3, -0.25) is 4.79 Å². The summed E-state index contributed by atoms with van der Waals surface area (Å²) >= 11 is 0. The highest BCUT2D eigenvalue weighted by atomic mass is 16.5. The van der Waals surface area contributed by atoms with Gasteiger partial charge in [0.05, 0.1) is 7.11 Å². The average Bonchev–Trinajstić information content (AvgIpc) is 2.94. The number of benzene rings is 1. The van der Waals surface area contributed by atoms with E-state index >= 15 is 0 Å². The average molecular weight is 293 g/mol. The maximum atomic E-state index is 12.1. The second-order valence-corrected chi connectivity index (χ2v) is 5.00. The van der Waals surface area contributed by atoms with E-state index in [-0.39, 0.29) is 12.5 Å². The number of carbonyl (C=O) groups is 2. The van der Waals surface area contributed by atoms with Crippen molar-refractivity contribution >= 4 is 11.9 Å². The number of hydrogen-bond donors (Lipinski definition) is 1. The molecule has 0 aliphatic carbocycles. The van der Waals surface area contributed by atoms with Gasteiger partial charge in [-0.15, -0.1) is 0 Å². The molecule has 1 saturated heterocycles. The van der Waals surface area contributed by atoms with Crippen molar-refractivity contribution in [2.24, 2.45) is 0 Å². The maximum Gasteiger partial charge on any atom is 0.326 e. The molecule has 0 saturated carbocycles. The molecule has 1 fully saturated rings. The number of methoxy groups -OCH3 is 1. The van der Waals surface area contributed by atoms with E-state index < -0.39 is 12.0 Å². The lowest BCUT2D eigenvalue weighted by Crippen LogP contribution is -2.42. The number of carboxylic acids is 1. The zero-order valence-corrected chi connectivity index (χ0v) is 12.2. The van der Waals surface area contributed by atoms with Crippen molar-refractivity contribution in [1.82, 2.24) is 4.90 Å². The molecule has 0 aromatic heterocycles. The fraction of sp³-hybridized carbons (Fsp3) is 0.467. The molecule has 1 aromatic rings. The van der Waals surface area contributed by atoms with Crippen LogP contribution in [-0.4, -0.2) is 48.2 Å². The normalized spacial score (nSPS) is 17.6. The summed E-state index contributed by atoms with van der Waals surface area (Å²) < 4.78 is 10.6. The Kier molecular flexibility index (Phi) is 4.67. The summed E-state index contributed by atoms with van der Waals surface area (Å²) in [6, 6.07) is 4.55. The number of carbonyl (C=O) groups excluding carboxylic acids is 1. The largest absolute Gasteiger partial charge is 0.496 e. The third-order valence-corrected chi connectivity index (χ3v) is 3.59. The second-order valence-electron chi connectivity index (χ2n) is 5.00. The van der Waals surface area contributed by atoms with Crippen LogP contribution in [0.2, 0.25) is 0 Å². The van der Waals surface area contributed by atoms with Gasteiger partial charge in [0, 0.05) is 6.54 Å². The van der Waals surface area contributed by atoms with Gasteiger partial charge in [0.1, 0.15) is 17.5 Å². The second kappa shape index (κ2) is 6.47. The van der Waals surface area contributed by atoms with Crippen molar-refractivity contribution in [2.75, 3.05) is 20.3 Å². The number of nitrogens with zero attached hydrogens (tertiary/aromatic N) is 1. The third kappa shape index (κ3) is 3.45. The van der Waals surface area contributed by atoms with Crippen LogP contribution in [0.4, 0.5) is 0 Å². The van der Waals surface area contributed by atoms with Crippen LogP contribution >= 0.6 is 0 Å². The molecular weight excluding hydrogens is 274 g/mol. The summed E-state index contributed by atoms with van der Waals surface area (Å²) in [5.41, 5.74) is 0.909. The number of aryl methyl sites for hydroxylation is 1. The van der Waals surface area contributed by atoms with Crippen LogP contribution in [0.15, 0.2) is 18.2 Å². The molecule has 1 N–H and O–H groups in total. The Hall–Kier alpha value is -2.24. The minimum absolute atomic E-state index is 0.157. The molecule has 0 unspecified atom stereocenters. The van der Waals surface area contributed by atoms with E-state index in [1.807, 2.05) is 6.92 Å². The van der Waals surface area contributed by atoms with E-state index in [0.717, 1.165) is 11.3 Å². The van der Waals surface area contributed by atoms with Crippen molar-refractivity contribution in [1.29, 1.82) is 0 Å². The molecule has 0 radical (unpaired) electrons. The first-order valence-electron chi connectivity index (χ1n) is 6.82. The quantitative estimate of drug-likeness (QED) is 0.889. The standard InChI is InChI=1S/C15H19NO5/c1-10-8-11(5-6-13(10)20-2)21-9-14(17)16-7-3-4-12(16)15(18)19/h5-6,8,12H,3-4,7,9H2,1-2H3,(H,18,19)/t12-/m0/s1. The van der Waals surface area contributed by atoms with Crippen molar-refractivity contribution in [2.45, 2.75) is 25.8 Å². The Morgan fingerprint density at radius 3 is 2.81 bits per heavy atom. The Balaban J connectivity index is 1.95. The van der Waals surface area contributed by atoms with Crippen molar-refractivity contribution in [3.63, 3.8) is 0 Å². The molecule has 2 rings (SSSR count). The summed E-state index contributed by atoms with van der Waals surface area (Å²) in [6.07, 6.45) is 1.22. The molecule has 21 heavy (non-hydrogen) atoms. The molecule has 1 atom stereocenters. The van der Waals surface area contributed by atoms with Crippen LogP contribution in [0.1, 0.15) is 18.4 Å². The highest BCUT2D eigenvalue weighted by molar-refractivity contribution is 5.85. The lowest BCUT2D eigenvalue weighted by atomic mass is 10.2. The van der Waals surface area contributed by atoms with Gasteiger partial charge in [0.15, 0.2) is 6.61 Å². The van der Waals surface area contributed by atoms with Gasteiger partial charge in [-0.1, -0.05) is 0 Å². The minimum Gasteiger partial charge on any atom is -0.496 e. The van der Waals surface area contributed by atoms with E-state index in [4.69, 9.17) is 14.6 Å². The van der Waals surface area contributed by atoms with E-state index in [9.17, 15) is 9.59 Å². The highest BCUT2D eigenvalue weighted by Crippen LogP contribution is 2.23. The van der Waals surface area contributed by atoms with E-state index in [2.05, 4.69) is 0 Å². The Morgan fingerprint density at radius 2 is 2.19 bits per heavy atom. The molecular formula is C15H19NO5. The number of ether oxygens (including phenoxy) is 2. The number of amides is 1. The minimum atomic E-state index is -0.957. The maximum absolute atomic E-state index is 12.1. The lowest BCUT2D eigenvalue weighted by molar-refractivity contribution is -0.148. The molecule has 6 heteroatoms. The van der Waals surface area contributed by atoms with Gasteiger partial charge in [-0.2, -0.15) is 0 Å². The number of carboxylic acid groups (broad SMARTS) is 1. The number of hydrogen-bond acceptors (Lipinski definition) is 4. The first kappa shape index (κ1) is 15.2.